The van der Waals surface area contributed by atoms with Crippen LogP contribution in [0, 0.1) is 5.92 Å². The summed E-state index contributed by atoms with van der Waals surface area (Å²) in [4.78, 5) is 14.9. The van der Waals surface area contributed by atoms with E-state index in [2.05, 4.69) is 12.1 Å². The Morgan fingerprint density at radius 3 is 2.58 bits per heavy atom. The number of benzene rings is 1. The molecule has 1 aromatic rings. The van der Waals surface area contributed by atoms with Crippen molar-refractivity contribution in [1.29, 1.82) is 0 Å². The molecule has 1 unspecified atom stereocenters. The number of likely N-dealkylation sites (tertiary alicyclic amines) is 1. The highest BCUT2D eigenvalue weighted by Gasteiger charge is 2.48. The second kappa shape index (κ2) is 4.97. The van der Waals surface area contributed by atoms with Gasteiger partial charge in [0.1, 0.15) is 0 Å². The van der Waals surface area contributed by atoms with Crippen LogP contribution in [0.25, 0.3) is 0 Å². The van der Waals surface area contributed by atoms with E-state index >= 15 is 0 Å². The van der Waals surface area contributed by atoms with Crippen molar-refractivity contribution in [3.63, 3.8) is 0 Å². The normalized spacial score (nSPS) is 25.1. The molecule has 1 aliphatic heterocycles. The van der Waals surface area contributed by atoms with Gasteiger partial charge in [0.2, 0.25) is 5.91 Å². The van der Waals surface area contributed by atoms with Crippen LogP contribution in [0.1, 0.15) is 31.2 Å². The minimum absolute atomic E-state index is 0.231. The van der Waals surface area contributed by atoms with E-state index in [0.717, 1.165) is 38.8 Å². The standard InChI is InChI=1S/C16H22N2O/c17-11-13-7-10-18(12-13)15(19)16(8-4-9-16)14-5-2-1-3-6-14/h1-3,5-6,13H,4,7-12,17H2. The van der Waals surface area contributed by atoms with Crippen molar-refractivity contribution < 1.29 is 4.79 Å². The maximum atomic E-state index is 12.9. The molecule has 102 valence electrons. The summed E-state index contributed by atoms with van der Waals surface area (Å²) in [5.74, 6) is 0.831. The molecule has 1 saturated carbocycles. The maximum Gasteiger partial charge on any atom is 0.233 e. The van der Waals surface area contributed by atoms with Gasteiger partial charge in [-0.15, -0.1) is 0 Å². The first kappa shape index (κ1) is 12.7. The number of hydrogen-bond donors (Lipinski definition) is 1. The lowest BCUT2D eigenvalue weighted by atomic mass is 9.63. The Balaban J connectivity index is 1.81. The van der Waals surface area contributed by atoms with Crippen molar-refractivity contribution in [1.82, 2.24) is 4.90 Å². The number of rotatable bonds is 3. The van der Waals surface area contributed by atoms with E-state index < -0.39 is 0 Å². The van der Waals surface area contributed by atoms with Crippen LogP contribution in [-0.4, -0.2) is 30.4 Å². The van der Waals surface area contributed by atoms with Crippen molar-refractivity contribution in [2.24, 2.45) is 11.7 Å². The largest absolute Gasteiger partial charge is 0.342 e. The summed E-state index contributed by atoms with van der Waals surface area (Å²) in [6, 6.07) is 10.3. The van der Waals surface area contributed by atoms with Crippen LogP contribution in [-0.2, 0) is 10.2 Å². The Morgan fingerprint density at radius 2 is 2.05 bits per heavy atom. The molecule has 0 radical (unpaired) electrons. The average Bonchev–Trinajstić information content (AvgIpc) is 2.87. The molecule has 2 fully saturated rings. The van der Waals surface area contributed by atoms with Crippen LogP contribution in [0.2, 0.25) is 0 Å². The first-order valence-corrected chi connectivity index (χ1v) is 7.31. The summed E-state index contributed by atoms with van der Waals surface area (Å²) >= 11 is 0. The zero-order valence-electron chi connectivity index (χ0n) is 11.3. The van der Waals surface area contributed by atoms with E-state index in [1.165, 1.54) is 5.56 Å². The Labute approximate surface area is 114 Å². The summed E-state index contributed by atoms with van der Waals surface area (Å²) in [6.07, 6.45) is 4.22. The Kier molecular flexibility index (Phi) is 3.31. The Morgan fingerprint density at radius 1 is 1.32 bits per heavy atom. The fraction of sp³-hybridized carbons (Fsp3) is 0.562. The highest BCUT2D eigenvalue weighted by atomic mass is 16.2. The summed E-state index contributed by atoms with van der Waals surface area (Å²) in [5, 5.41) is 0. The van der Waals surface area contributed by atoms with Gasteiger partial charge >= 0.3 is 0 Å². The molecule has 3 nitrogen and oxygen atoms in total. The van der Waals surface area contributed by atoms with Gasteiger partial charge in [-0.05, 0) is 37.3 Å². The molecule has 1 atom stereocenters. The number of nitrogens with zero attached hydrogens (tertiary/aromatic N) is 1. The molecule has 1 aliphatic carbocycles. The molecular weight excluding hydrogens is 236 g/mol. The van der Waals surface area contributed by atoms with Gasteiger partial charge < -0.3 is 10.6 Å². The van der Waals surface area contributed by atoms with E-state index in [-0.39, 0.29) is 5.41 Å². The van der Waals surface area contributed by atoms with E-state index in [4.69, 9.17) is 5.73 Å². The quantitative estimate of drug-likeness (QED) is 0.900. The molecule has 2 N–H and O–H groups in total. The number of carbonyl (C=O) groups excluding carboxylic acids is 1. The predicted octanol–water partition coefficient (Wildman–Crippen LogP) is 1.92. The van der Waals surface area contributed by atoms with Crippen LogP contribution in [0.4, 0.5) is 0 Å². The SMILES string of the molecule is NCC1CCN(C(=O)C2(c3ccccc3)CCC2)C1. The predicted molar refractivity (Wildman–Crippen MR) is 75.7 cm³/mol. The molecule has 19 heavy (non-hydrogen) atoms. The number of amides is 1. The highest BCUT2D eigenvalue weighted by molar-refractivity contribution is 5.89. The summed E-state index contributed by atoms with van der Waals surface area (Å²) in [7, 11) is 0. The lowest BCUT2D eigenvalue weighted by molar-refractivity contribution is -0.140. The number of hydrogen-bond acceptors (Lipinski definition) is 2. The lowest BCUT2D eigenvalue weighted by Gasteiger charge is -2.43. The lowest BCUT2D eigenvalue weighted by Crippen LogP contribution is -2.50. The molecular formula is C16H22N2O. The van der Waals surface area contributed by atoms with Crippen LogP contribution in [0.3, 0.4) is 0 Å². The molecule has 1 aromatic carbocycles. The van der Waals surface area contributed by atoms with E-state index in [9.17, 15) is 4.79 Å². The third kappa shape index (κ3) is 2.06. The van der Waals surface area contributed by atoms with Gasteiger partial charge in [-0.3, -0.25) is 4.79 Å². The third-order valence-electron chi connectivity index (χ3n) is 4.85. The minimum atomic E-state index is -0.231. The van der Waals surface area contributed by atoms with Crippen molar-refractivity contribution in [3.05, 3.63) is 35.9 Å². The van der Waals surface area contributed by atoms with Crippen LogP contribution >= 0.6 is 0 Å². The summed E-state index contributed by atoms with van der Waals surface area (Å²) in [6.45, 7) is 2.43. The molecule has 0 spiro atoms. The van der Waals surface area contributed by atoms with Crippen LogP contribution < -0.4 is 5.73 Å². The minimum Gasteiger partial charge on any atom is -0.342 e. The first-order chi connectivity index (χ1) is 9.26. The van der Waals surface area contributed by atoms with Crippen molar-refractivity contribution in [2.45, 2.75) is 31.1 Å². The first-order valence-electron chi connectivity index (χ1n) is 7.31. The van der Waals surface area contributed by atoms with E-state index in [1.807, 2.05) is 23.1 Å². The van der Waals surface area contributed by atoms with Gasteiger partial charge in [0.25, 0.3) is 0 Å². The molecule has 3 rings (SSSR count). The van der Waals surface area contributed by atoms with Gasteiger partial charge in [-0.1, -0.05) is 36.8 Å². The maximum absolute atomic E-state index is 12.9. The fourth-order valence-corrected chi connectivity index (χ4v) is 3.43. The third-order valence-corrected chi connectivity index (χ3v) is 4.85. The topological polar surface area (TPSA) is 46.3 Å². The van der Waals surface area contributed by atoms with Gasteiger partial charge in [-0.25, -0.2) is 0 Å². The van der Waals surface area contributed by atoms with Crippen molar-refractivity contribution in [3.8, 4) is 0 Å². The van der Waals surface area contributed by atoms with Crippen molar-refractivity contribution >= 4 is 5.91 Å². The Hall–Kier alpha value is -1.35. The second-order valence-electron chi connectivity index (χ2n) is 5.94. The molecule has 0 aromatic heterocycles. The molecule has 1 saturated heterocycles. The molecule has 0 bridgehead atoms. The Bertz CT molecular complexity index is 453. The van der Waals surface area contributed by atoms with Gasteiger partial charge in [0.15, 0.2) is 0 Å². The summed E-state index contributed by atoms with van der Waals surface area (Å²) in [5.41, 5.74) is 6.69. The molecule has 2 aliphatic rings. The van der Waals surface area contributed by atoms with E-state index in [1.54, 1.807) is 0 Å². The van der Waals surface area contributed by atoms with Crippen LogP contribution in [0.5, 0.6) is 0 Å². The van der Waals surface area contributed by atoms with E-state index in [0.29, 0.717) is 18.4 Å². The number of carbonyl (C=O) groups is 1. The average molecular weight is 258 g/mol. The monoisotopic (exact) mass is 258 g/mol. The smallest absolute Gasteiger partial charge is 0.233 e. The van der Waals surface area contributed by atoms with Gasteiger partial charge in [-0.2, -0.15) is 0 Å². The van der Waals surface area contributed by atoms with Gasteiger partial charge in [0.05, 0.1) is 5.41 Å². The molecule has 1 heterocycles. The fourth-order valence-electron chi connectivity index (χ4n) is 3.43. The summed E-state index contributed by atoms with van der Waals surface area (Å²) < 4.78 is 0. The number of nitrogens with two attached hydrogens (primary N) is 1. The molecule has 3 heteroatoms. The van der Waals surface area contributed by atoms with Crippen LogP contribution in [0.15, 0.2) is 30.3 Å². The molecule has 1 amide bonds. The zero-order chi connectivity index (χ0) is 13.3. The highest BCUT2D eigenvalue weighted by Crippen LogP contribution is 2.45. The zero-order valence-corrected chi connectivity index (χ0v) is 11.3. The second-order valence-corrected chi connectivity index (χ2v) is 5.94. The van der Waals surface area contributed by atoms with Gasteiger partial charge in [0, 0.05) is 13.1 Å². The van der Waals surface area contributed by atoms with Crippen molar-refractivity contribution in [2.75, 3.05) is 19.6 Å².